The molecule has 1 atom stereocenters. The molecule has 0 radical (unpaired) electrons. The van der Waals surface area contributed by atoms with Crippen molar-refractivity contribution in [2.75, 3.05) is 6.61 Å². The maximum absolute atomic E-state index is 12.1. The number of ether oxygens (including phenoxy) is 1. The minimum Gasteiger partial charge on any atom is -0.477 e. The molecule has 0 bridgehead atoms. The first kappa shape index (κ1) is 18.2. The molecule has 0 amide bonds. The van der Waals surface area contributed by atoms with Gasteiger partial charge in [0.15, 0.2) is 5.82 Å². The first-order chi connectivity index (χ1) is 13.8. The highest BCUT2D eigenvalue weighted by Crippen LogP contribution is 2.55. The van der Waals surface area contributed by atoms with E-state index in [1.165, 1.54) is 0 Å². The van der Waals surface area contributed by atoms with Crippen molar-refractivity contribution >= 4 is 16.9 Å². The number of hydrogen-bond donors (Lipinski definition) is 3. The second kappa shape index (κ2) is 6.06. The molecule has 3 aromatic rings. The summed E-state index contributed by atoms with van der Waals surface area (Å²) in [5, 5.41) is 14.7. The third-order valence-electron chi connectivity index (χ3n) is 6.34. The van der Waals surface area contributed by atoms with Crippen molar-refractivity contribution < 1.29 is 19.2 Å². The highest BCUT2D eigenvalue weighted by atomic mass is 16.5. The SMILES string of the molecule is CC1(C)C[C@@H](c2cccc3c(C4(c5noc(=O)[nH]5)CC4)c(C(=O)O)[nH]c23)CCO1. The van der Waals surface area contributed by atoms with Crippen LogP contribution in [0, 0.1) is 0 Å². The Hall–Kier alpha value is -2.87. The number of hydrogen-bond acceptors (Lipinski definition) is 5. The third-order valence-corrected chi connectivity index (χ3v) is 6.34. The topological polar surface area (TPSA) is 121 Å². The number of para-hydroxylation sites is 1. The van der Waals surface area contributed by atoms with Crippen LogP contribution in [0.3, 0.4) is 0 Å². The van der Waals surface area contributed by atoms with Crippen molar-refractivity contribution in [3.05, 3.63) is 51.4 Å². The van der Waals surface area contributed by atoms with E-state index in [0.29, 0.717) is 30.8 Å². The molecular formula is C21H23N3O5. The van der Waals surface area contributed by atoms with Crippen molar-refractivity contribution in [1.29, 1.82) is 0 Å². The average Bonchev–Trinajstić information content (AvgIpc) is 3.16. The van der Waals surface area contributed by atoms with Crippen molar-refractivity contribution in [1.82, 2.24) is 15.1 Å². The molecule has 29 heavy (non-hydrogen) atoms. The molecule has 1 aliphatic heterocycles. The van der Waals surface area contributed by atoms with Gasteiger partial charge in [0, 0.05) is 23.1 Å². The van der Waals surface area contributed by atoms with Crippen LogP contribution in [0.25, 0.3) is 10.9 Å². The number of benzene rings is 1. The van der Waals surface area contributed by atoms with E-state index in [4.69, 9.17) is 9.26 Å². The quantitative estimate of drug-likeness (QED) is 0.621. The molecule has 2 aliphatic rings. The van der Waals surface area contributed by atoms with Gasteiger partial charge in [0.2, 0.25) is 0 Å². The van der Waals surface area contributed by atoms with Gasteiger partial charge in [-0.1, -0.05) is 23.4 Å². The van der Waals surface area contributed by atoms with Gasteiger partial charge in [0.1, 0.15) is 5.69 Å². The van der Waals surface area contributed by atoms with Gasteiger partial charge < -0.3 is 14.8 Å². The summed E-state index contributed by atoms with van der Waals surface area (Å²) in [6, 6.07) is 5.99. The number of nitrogens with zero attached hydrogens (tertiary/aromatic N) is 1. The van der Waals surface area contributed by atoms with Crippen LogP contribution in [0.2, 0.25) is 0 Å². The molecule has 0 spiro atoms. The van der Waals surface area contributed by atoms with Crippen molar-refractivity contribution in [3.63, 3.8) is 0 Å². The predicted octanol–water partition coefficient (Wildman–Crippen LogP) is 3.29. The van der Waals surface area contributed by atoms with E-state index in [0.717, 1.165) is 29.3 Å². The van der Waals surface area contributed by atoms with Gasteiger partial charge in [-0.2, -0.15) is 0 Å². The van der Waals surface area contributed by atoms with Gasteiger partial charge in [-0.25, -0.2) is 9.59 Å². The van der Waals surface area contributed by atoms with Gasteiger partial charge >= 0.3 is 11.7 Å². The van der Waals surface area contributed by atoms with Crippen LogP contribution in [0.15, 0.2) is 27.5 Å². The Morgan fingerprint density at radius 1 is 1.28 bits per heavy atom. The van der Waals surface area contributed by atoms with Crippen LogP contribution in [0.1, 0.15) is 72.9 Å². The molecule has 5 rings (SSSR count). The molecule has 1 saturated heterocycles. The Morgan fingerprint density at radius 3 is 2.69 bits per heavy atom. The summed E-state index contributed by atoms with van der Waals surface area (Å²) in [7, 11) is 0. The molecular weight excluding hydrogens is 374 g/mol. The largest absolute Gasteiger partial charge is 0.477 e. The number of aromatic nitrogens is 3. The number of H-pyrrole nitrogens is 2. The molecule has 8 heteroatoms. The number of carboxylic acids is 1. The fourth-order valence-corrected chi connectivity index (χ4v) is 4.90. The lowest BCUT2D eigenvalue weighted by Gasteiger charge is -2.36. The summed E-state index contributed by atoms with van der Waals surface area (Å²) in [5.41, 5.74) is 1.94. The number of aromatic amines is 2. The fourth-order valence-electron chi connectivity index (χ4n) is 4.90. The number of nitrogens with one attached hydrogen (secondary N) is 2. The van der Waals surface area contributed by atoms with Crippen molar-refractivity contribution in [2.45, 2.75) is 56.5 Å². The summed E-state index contributed by atoms with van der Waals surface area (Å²) in [6.07, 6.45) is 3.17. The summed E-state index contributed by atoms with van der Waals surface area (Å²) in [6.45, 7) is 4.85. The fraction of sp³-hybridized carbons (Fsp3) is 0.476. The van der Waals surface area contributed by atoms with Gasteiger partial charge in [-0.05, 0) is 51.0 Å². The number of aromatic carboxylic acids is 1. The minimum absolute atomic E-state index is 0.153. The van der Waals surface area contributed by atoms with Gasteiger partial charge in [0.25, 0.3) is 0 Å². The second-order valence-corrected chi connectivity index (χ2v) is 8.77. The Morgan fingerprint density at radius 2 is 2.07 bits per heavy atom. The van der Waals surface area contributed by atoms with Crippen LogP contribution in [-0.4, -0.2) is 38.4 Å². The number of carbonyl (C=O) groups is 1. The monoisotopic (exact) mass is 397 g/mol. The Balaban J connectivity index is 1.70. The maximum Gasteiger partial charge on any atom is 0.438 e. The number of rotatable bonds is 4. The lowest BCUT2D eigenvalue weighted by atomic mass is 9.82. The van der Waals surface area contributed by atoms with Gasteiger partial charge in [-0.15, -0.1) is 0 Å². The summed E-state index contributed by atoms with van der Waals surface area (Å²) in [4.78, 5) is 29.5. The van der Waals surface area contributed by atoms with Crippen molar-refractivity contribution in [2.24, 2.45) is 0 Å². The van der Waals surface area contributed by atoms with Gasteiger partial charge in [-0.3, -0.25) is 9.51 Å². The highest BCUT2D eigenvalue weighted by Gasteiger charge is 2.53. The number of carboxylic acid groups (broad SMARTS) is 1. The molecule has 3 N–H and O–H groups in total. The zero-order chi connectivity index (χ0) is 20.4. The molecule has 1 saturated carbocycles. The van der Waals surface area contributed by atoms with Crippen LogP contribution in [0.4, 0.5) is 0 Å². The van der Waals surface area contributed by atoms with E-state index in [-0.39, 0.29) is 17.2 Å². The Bertz CT molecular complexity index is 1160. The molecule has 3 heterocycles. The zero-order valence-corrected chi connectivity index (χ0v) is 16.4. The van der Waals surface area contributed by atoms with Crippen molar-refractivity contribution in [3.8, 4) is 0 Å². The highest BCUT2D eigenvalue weighted by molar-refractivity contribution is 6.00. The van der Waals surface area contributed by atoms with Crippen LogP contribution in [-0.2, 0) is 10.2 Å². The van der Waals surface area contributed by atoms with Crippen LogP contribution in [0.5, 0.6) is 0 Å². The van der Waals surface area contributed by atoms with E-state index in [1.54, 1.807) is 0 Å². The third kappa shape index (κ3) is 2.81. The van der Waals surface area contributed by atoms with Crippen LogP contribution < -0.4 is 5.76 Å². The molecule has 8 nitrogen and oxygen atoms in total. The normalized spacial score (nSPS) is 22.6. The predicted molar refractivity (Wildman–Crippen MR) is 104 cm³/mol. The summed E-state index contributed by atoms with van der Waals surface area (Å²) < 4.78 is 10.6. The van der Waals surface area contributed by atoms with E-state index >= 15 is 0 Å². The summed E-state index contributed by atoms with van der Waals surface area (Å²) >= 11 is 0. The lowest BCUT2D eigenvalue weighted by molar-refractivity contribution is -0.0591. The molecule has 1 aromatic carbocycles. The number of fused-ring (bicyclic) bond motifs is 1. The van der Waals surface area contributed by atoms with E-state index < -0.39 is 17.1 Å². The smallest absolute Gasteiger partial charge is 0.438 e. The lowest BCUT2D eigenvalue weighted by Crippen LogP contribution is -2.33. The first-order valence-corrected chi connectivity index (χ1v) is 9.89. The van der Waals surface area contributed by atoms with E-state index in [2.05, 4.69) is 35.0 Å². The summed E-state index contributed by atoms with van der Waals surface area (Å²) in [5.74, 6) is -0.985. The average molecular weight is 397 g/mol. The Kier molecular flexibility index (Phi) is 3.80. The molecule has 2 aromatic heterocycles. The maximum atomic E-state index is 12.1. The minimum atomic E-state index is -1.02. The van der Waals surface area contributed by atoms with Crippen LogP contribution >= 0.6 is 0 Å². The molecule has 152 valence electrons. The standard InChI is InChI=1S/C21H23N3O5/c1-20(2)10-11(6-9-28-20)12-4-3-5-13-14(16(17(25)26)22-15(12)13)21(7-8-21)18-23-19(27)29-24-18/h3-5,11,22H,6-10H2,1-2H3,(H,25,26)(H,23,24,27)/t11-/m0/s1. The molecule has 0 unspecified atom stereocenters. The van der Waals surface area contributed by atoms with E-state index in [1.807, 2.05) is 12.1 Å². The zero-order valence-electron chi connectivity index (χ0n) is 16.4. The van der Waals surface area contributed by atoms with Gasteiger partial charge in [0.05, 0.1) is 11.0 Å². The second-order valence-electron chi connectivity index (χ2n) is 8.77. The first-order valence-electron chi connectivity index (χ1n) is 9.89. The molecule has 1 aliphatic carbocycles. The van der Waals surface area contributed by atoms with E-state index in [9.17, 15) is 14.7 Å². The Labute approximate surface area is 166 Å². The molecule has 2 fully saturated rings.